The maximum atomic E-state index is 13.2. The second-order valence-corrected chi connectivity index (χ2v) is 7.61. The third-order valence-electron chi connectivity index (χ3n) is 5.47. The number of nitrogens with one attached hydrogen (secondary N) is 1. The molecule has 1 saturated heterocycles. The standard InChI is InChI=1S/C23H21FN6O3/c24-16-5-7-17(8-6-16)30-22-18(13-26-30)23(32)29(15-25-22)14-21(31)27-19-3-1-2-4-20(19)28-9-11-33-12-10-28/h1-8,13,15H,9-12,14H2,(H,27,31). The second-order valence-electron chi connectivity index (χ2n) is 7.61. The molecule has 0 bridgehead atoms. The van der Waals surface area contributed by atoms with Crippen molar-refractivity contribution in [2.45, 2.75) is 6.54 Å². The van der Waals surface area contributed by atoms with E-state index in [0.29, 0.717) is 30.2 Å². The SMILES string of the molecule is O=C(Cn1cnc2c(cnn2-c2ccc(F)cc2)c1=O)Nc1ccccc1N1CCOCC1. The summed E-state index contributed by atoms with van der Waals surface area (Å²) in [6, 6.07) is 13.3. The number of amides is 1. The number of carbonyl (C=O) groups is 1. The van der Waals surface area contributed by atoms with Crippen LogP contribution in [0.1, 0.15) is 0 Å². The normalized spacial score (nSPS) is 13.9. The minimum atomic E-state index is -0.384. The number of hydrogen-bond acceptors (Lipinski definition) is 6. The van der Waals surface area contributed by atoms with Crippen molar-refractivity contribution in [2.75, 3.05) is 36.5 Å². The number of anilines is 2. The van der Waals surface area contributed by atoms with E-state index < -0.39 is 0 Å². The van der Waals surface area contributed by atoms with E-state index in [-0.39, 0.29) is 29.2 Å². The van der Waals surface area contributed by atoms with Crippen molar-refractivity contribution in [3.8, 4) is 5.69 Å². The van der Waals surface area contributed by atoms with E-state index >= 15 is 0 Å². The highest BCUT2D eigenvalue weighted by atomic mass is 19.1. The molecule has 1 aliphatic rings. The molecule has 1 N–H and O–H groups in total. The van der Waals surface area contributed by atoms with Crippen molar-refractivity contribution in [3.63, 3.8) is 0 Å². The third kappa shape index (κ3) is 4.20. The molecule has 2 aromatic heterocycles. The highest BCUT2D eigenvalue weighted by Crippen LogP contribution is 2.26. The van der Waals surface area contributed by atoms with Gasteiger partial charge in [0.2, 0.25) is 5.91 Å². The number of benzene rings is 2. The predicted molar refractivity (Wildman–Crippen MR) is 121 cm³/mol. The Morgan fingerprint density at radius 3 is 2.64 bits per heavy atom. The molecule has 1 aliphatic heterocycles. The third-order valence-corrected chi connectivity index (χ3v) is 5.47. The van der Waals surface area contributed by atoms with Crippen LogP contribution < -0.4 is 15.8 Å². The summed E-state index contributed by atoms with van der Waals surface area (Å²) in [6.07, 6.45) is 2.72. The lowest BCUT2D eigenvalue weighted by molar-refractivity contribution is -0.116. The molecule has 3 heterocycles. The van der Waals surface area contributed by atoms with Gasteiger partial charge in [0.25, 0.3) is 5.56 Å². The first-order valence-corrected chi connectivity index (χ1v) is 10.5. The largest absolute Gasteiger partial charge is 0.378 e. The fourth-order valence-electron chi connectivity index (χ4n) is 3.84. The summed E-state index contributed by atoms with van der Waals surface area (Å²) >= 11 is 0. The lowest BCUT2D eigenvalue weighted by Gasteiger charge is -2.30. The molecule has 168 valence electrons. The summed E-state index contributed by atoms with van der Waals surface area (Å²) in [7, 11) is 0. The zero-order chi connectivity index (χ0) is 22.8. The number of aromatic nitrogens is 4. The Morgan fingerprint density at radius 2 is 1.85 bits per heavy atom. The van der Waals surface area contributed by atoms with Crippen LogP contribution in [0.15, 0.2) is 65.8 Å². The minimum absolute atomic E-state index is 0.194. The molecule has 0 radical (unpaired) electrons. The number of rotatable bonds is 5. The van der Waals surface area contributed by atoms with Crippen LogP contribution in [0.5, 0.6) is 0 Å². The first-order valence-electron chi connectivity index (χ1n) is 10.5. The number of nitrogens with zero attached hydrogens (tertiary/aromatic N) is 5. The van der Waals surface area contributed by atoms with Crippen LogP contribution in [0.2, 0.25) is 0 Å². The lowest BCUT2D eigenvalue weighted by atomic mass is 10.2. The molecule has 2 aromatic carbocycles. The van der Waals surface area contributed by atoms with Crippen LogP contribution in [0, 0.1) is 5.82 Å². The Morgan fingerprint density at radius 1 is 1.09 bits per heavy atom. The van der Waals surface area contributed by atoms with Gasteiger partial charge in [-0.05, 0) is 36.4 Å². The molecule has 9 nitrogen and oxygen atoms in total. The molecule has 10 heteroatoms. The molecule has 0 saturated carbocycles. The van der Waals surface area contributed by atoms with Crippen molar-refractivity contribution < 1.29 is 13.9 Å². The number of fused-ring (bicyclic) bond motifs is 1. The van der Waals surface area contributed by atoms with Crippen molar-refractivity contribution in [1.82, 2.24) is 19.3 Å². The molecule has 1 fully saturated rings. The molecule has 5 rings (SSSR count). The van der Waals surface area contributed by atoms with E-state index in [0.717, 1.165) is 18.8 Å². The molecule has 0 aliphatic carbocycles. The lowest BCUT2D eigenvalue weighted by Crippen LogP contribution is -2.37. The van der Waals surface area contributed by atoms with Gasteiger partial charge in [0.05, 0.1) is 36.5 Å². The number of morpholine rings is 1. The van der Waals surface area contributed by atoms with Gasteiger partial charge in [-0.2, -0.15) is 5.10 Å². The maximum absolute atomic E-state index is 13.2. The van der Waals surface area contributed by atoms with Crippen molar-refractivity contribution >= 4 is 28.3 Å². The molecular weight excluding hydrogens is 427 g/mol. The first-order chi connectivity index (χ1) is 16.1. The summed E-state index contributed by atoms with van der Waals surface area (Å²) in [5.74, 6) is -0.711. The smallest absolute Gasteiger partial charge is 0.264 e. The number of halogens is 1. The molecule has 33 heavy (non-hydrogen) atoms. The van der Waals surface area contributed by atoms with Crippen molar-refractivity contribution in [1.29, 1.82) is 0 Å². The summed E-state index contributed by atoms with van der Waals surface area (Å²) in [6.45, 7) is 2.56. The van der Waals surface area contributed by atoms with E-state index in [1.54, 1.807) is 12.1 Å². The van der Waals surface area contributed by atoms with Gasteiger partial charge in [-0.3, -0.25) is 14.2 Å². The quantitative estimate of drug-likeness (QED) is 0.503. The number of hydrogen-bond donors (Lipinski definition) is 1. The van der Waals surface area contributed by atoms with Gasteiger partial charge in [0, 0.05) is 13.1 Å². The second kappa shape index (κ2) is 8.83. The van der Waals surface area contributed by atoms with E-state index in [4.69, 9.17) is 4.74 Å². The van der Waals surface area contributed by atoms with E-state index in [2.05, 4.69) is 20.3 Å². The van der Waals surface area contributed by atoms with E-state index in [9.17, 15) is 14.0 Å². The highest BCUT2D eigenvalue weighted by Gasteiger charge is 2.17. The Bertz CT molecular complexity index is 1360. The van der Waals surface area contributed by atoms with Crippen LogP contribution in [0.4, 0.5) is 15.8 Å². The number of ether oxygens (including phenoxy) is 1. The molecule has 1 amide bonds. The van der Waals surface area contributed by atoms with Crippen LogP contribution >= 0.6 is 0 Å². The molecule has 0 atom stereocenters. The van der Waals surface area contributed by atoms with Gasteiger partial charge < -0.3 is 15.0 Å². The van der Waals surface area contributed by atoms with Crippen LogP contribution in [0.3, 0.4) is 0 Å². The van der Waals surface area contributed by atoms with E-state index in [1.165, 1.54) is 33.9 Å². The topological polar surface area (TPSA) is 94.3 Å². The number of carbonyl (C=O) groups excluding carboxylic acids is 1. The van der Waals surface area contributed by atoms with Gasteiger partial charge in [-0.25, -0.2) is 14.1 Å². The van der Waals surface area contributed by atoms with Crippen LogP contribution in [-0.4, -0.2) is 51.5 Å². The average molecular weight is 448 g/mol. The highest BCUT2D eigenvalue weighted by molar-refractivity contribution is 5.94. The molecule has 4 aromatic rings. The fourth-order valence-corrected chi connectivity index (χ4v) is 3.84. The van der Waals surface area contributed by atoms with Gasteiger partial charge >= 0.3 is 0 Å². The monoisotopic (exact) mass is 448 g/mol. The van der Waals surface area contributed by atoms with Gasteiger partial charge in [0.15, 0.2) is 5.65 Å². The molecule has 0 spiro atoms. The summed E-state index contributed by atoms with van der Waals surface area (Å²) < 4.78 is 21.3. The first kappa shape index (κ1) is 20.8. The summed E-state index contributed by atoms with van der Waals surface area (Å²) in [5, 5.41) is 7.38. The van der Waals surface area contributed by atoms with E-state index in [1.807, 2.05) is 24.3 Å². The Kier molecular flexibility index (Phi) is 5.57. The Hall–Kier alpha value is -4.05. The maximum Gasteiger partial charge on any atom is 0.264 e. The molecular formula is C23H21FN6O3. The van der Waals surface area contributed by atoms with Gasteiger partial charge in [0.1, 0.15) is 24.1 Å². The fraction of sp³-hybridized carbons (Fsp3) is 0.217. The van der Waals surface area contributed by atoms with Crippen molar-refractivity contribution in [2.24, 2.45) is 0 Å². The zero-order valence-corrected chi connectivity index (χ0v) is 17.6. The Balaban J connectivity index is 1.37. The van der Waals surface area contributed by atoms with Crippen LogP contribution in [0.25, 0.3) is 16.7 Å². The summed E-state index contributed by atoms with van der Waals surface area (Å²) in [5.41, 5.74) is 2.12. The van der Waals surface area contributed by atoms with Gasteiger partial charge in [-0.1, -0.05) is 12.1 Å². The Labute approximate surface area is 188 Å². The van der Waals surface area contributed by atoms with Crippen LogP contribution in [-0.2, 0) is 16.1 Å². The van der Waals surface area contributed by atoms with Gasteiger partial charge in [-0.15, -0.1) is 0 Å². The van der Waals surface area contributed by atoms with Crippen molar-refractivity contribution in [3.05, 3.63) is 77.2 Å². The predicted octanol–water partition coefficient (Wildman–Crippen LogP) is 2.20. The number of para-hydroxylation sites is 2. The summed E-state index contributed by atoms with van der Waals surface area (Å²) in [4.78, 5) is 32.2. The zero-order valence-electron chi connectivity index (χ0n) is 17.6. The minimum Gasteiger partial charge on any atom is -0.378 e. The molecule has 0 unspecified atom stereocenters. The average Bonchev–Trinajstić information content (AvgIpc) is 3.27.